The molecule has 0 spiro atoms. The maximum Gasteiger partial charge on any atom is 0.416 e. The predicted octanol–water partition coefficient (Wildman–Crippen LogP) is 5.29. The summed E-state index contributed by atoms with van der Waals surface area (Å²) < 4.78 is 42.1. The van der Waals surface area contributed by atoms with Gasteiger partial charge in [0.2, 0.25) is 0 Å². The highest BCUT2D eigenvalue weighted by molar-refractivity contribution is 9.10. The molecule has 4 N–H and O–H groups in total. The van der Waals surface area contributed by atoms with Gasteiger partial charge < -0.3 is 16.2 Å². The van der Waals surface area contributed by atoms with Gasteiger partial charge in [-0.15, -0.1) is 0 Å². The maximum atomic E-state index is 12.0. The van der Waals surface area contributed by atoms with E-state index in [9.17, 15) is 13.2 Å². The van der Waals surface area contributed by atoms with E-state index in [1.54, 1.807) is 12.3 Å². The average Bonchev–Trinajstić information content (AvgIpc) is 2.64. The molecule has 0 unspecified atom stereocenters. The molecule has 0 saturated carbocycles. The molecular formula is C19H17BrF3N3O. The summed E-state index contributed by atoms with van der Waals surface area (Å²) in [5.41, 5.74) is 11.4. The van der Waals surface area contributed by atoms with E-state index in [1.807, 2.05) is 36.4 Å². The number of nitrogen functional groups attached to an aromatic ring is 2. The molecule has 27 heavy (non-hydrogen) atoms. The molecule has 0 aliphatic rings. The quantitative estimate of drug-likeness (QED) is 0.543. The van der Waals surface area contributed by atoms with Crippen LogP contribution in [0.4, 0.5) is 24.7 Å². The Morgan fingerprint density at radius 1 is 0.963 bits per heavy atom. The van der Waals surface area contributed by atoms with E-state index >= 15 is 0 Å². The monoisotopic (exact) mass is 439 g/mol. The molecule has 0 aliphatic carbocycles. The van der Waals surface area contributed by atoms with Gasteiger partial charge in [0.25, 0.3) is 0 Å². The smallest absolute Gasteiger partial charge is 0.416 e. The second kappa shape index (κ2) is 9.27. The molecule has 1 aromatic heterocycles. The summed E-state index contributed by atoms with van der Waals surface area (Å²) in [7, 11) is 0. The number of pyridine rings is 1. The minimum absolute atomic E-state index is 0.0878. The number of nitrogens with zero attached hydrogens (tertiary/aromatic N) is 1. The number of anilines is 2. The van der Waals surface area contributed by atoms with Crippen LogP contribution in [0.25, 0.3) is 0 Å². The van der Waals surface area contributed by atoms with Gasteiger partial charge in [0.05, 0.1) is 5.56 Å². The third-order valence-corrected chi connectivity index (χ3v) is 4.08. The van der Waals surface area contributed by atoms with Crippen LogP contribution < -0.4 is 16.2 Å². The second-order valence-corrected chi connectivity index (χ2v) is 6.25. The van der Waals surface area contributed by atoms with Gasteiger partial charge >= 0.3 is 6.18 Å². The van der Waals surface area contributed by atoms with Gasteiger partial charge in [0.1, 0.15) is 6.61 Å². The molecule has 3 aromatic rings. The molecule has 2 aromatic carbocycles. The summed E-state index contributed by atoms with van der Waals surface area (Å²) in [6, 6.07) is 16.7. The first-order valence-electron chi connectivity index (χ1n) is 7.77. The topological polar surface area (TPSA) is 74.2 Å². The van der Waals surface area contributed by atoms with Crippen molar-refractivity contribution in [3.63, 3.8) is 0 Å². The largest absolute Gasteiger partial charge is 0.485 e. The van der Waals surface area contributed by atoms with Gasteiger partial charge in [-0.1, -0.05) is 30.3 Å². The first kappa shape index (κ1) is 20.6. The van der Waals surface area contributed by atoms with Crippen molar-refractivity contribution >= 4 is 27.4 Å². The minimum Gasteiger partial charge on any atom is -0.485 e. The van der Waals surface area contributed by atoms with Crippen molar-refractivity contribution < 1.29 is 17.9 Å². The number of nitrogens with two attached hydrogens (primary N) is 2. The fourth-order valence-electron chi connectivity index (χ4n) is 1.98. The highest BCUT2D eigenvalue weighted by Crippen LogP contribution is 2.32. The lowest BCUT2D eigenvalue weighted by molar-refractivity contribution is -0.137. The zero-order valence-corrected chi connectivity index (χ0v) is 15.7. The Bertz CT molecular complexity index is 874. The van der Waals surface area contributed by atoms with Crippen molar-refractivity contribution in [1.82, 2.24) is 4.98 Å². The first-order chi connectivity index (χ1) is 12.8. The maximum absolute atomic E-state index is 12.0. The van der Waals surface area contributed by atoms with Gasteiger partial charge in [0, 0.05) is 16.4 Å². The molecule has 0 bridgehead atoms. The molecule has 1 heterocycles. The Morgan fingerprint density at radius 3 is 2.26 bits per heavy atom. The van der Waals surface area contributed by atoms with Crippen molar-refractivity contribution in [3.8, 4) is 5.75 Å². The van der Waals surface area contributed by atoms with Gasteiger partial charge in [0.15, 0.2) is 11.6 Å². The predicted molar refractivity (Wildman–Crippen MR) is 103 cm³/mol. The van der Waals surface area contributed by atoms with E-state index in [-0.39, 0.29) is 5.69 Å². The lowest BCUT2D eigenvalue weighted by Gasteiger charge is -2.07. The molecule has 0 saturated heterocycles. The van der Waals surface area contributed by atoms with Gasteiger partial charge in [-0.3, -0.25) is 0 Å². The molecule has 8 heteroatoms. The summed E-state index contributed by atoms with van der Waals surface area (Å²) in [6.07, 6.45) is -2.68. The van der Waals surface area contributed by atoms with Gasteiger partial charge in [-0.25, -0.2) is 4.98 Å². The highest BCUT2D eigenvalue weighted by Gasteiger charge is 2.30. The Morgan fingerprint density at radius 2 is 1.67 bits per heavy atom. The molecule has 0 atom stereocenters. The number of hydrogen-bond donors (Lipinski definition) is 2. The lowest BCUT2D eigenvalue weighted by Crippen LogP contribution is -2.05. The third kappa shape index (κ3) is 6.49. The van der Waals surface area contributed by atoms with E-state index in [1.165, 1.54) is 6.07 Å². The summed E-state index contributed by atoms with van der Waals surface area (Å²) >= 11 is 3.00. The molecule has 3 rings (SSSR count). The number of aromatic nitrogens is 1. The van der Waals surface area contributed by atoms with Crippen molar-refractivity contribution in [2.75, 3.05) is 11.5 Å². The molecule has 0 fully saturated rings. The first-order valence-corrected chi connectivity index (χ1v) is 8.56. The van der Waals surface area contributed by atoms with E-state index in [4.69, 9.17) is 16.2 Å². The lowest BCUT2D eigenvalue weighted by atomic mass is 10.2. The van der Waals surface area contributed by atoms with Gasteiger partial charge in [-0.2, -0.15) is 13.2 Å². The Kier molecular flexibility index (Phi) is 7.06. The molecule has 142 valence electrons. The number of alkyl halides is 3. The van der Waals surface area contributed by atoms with Crippen LogP contribution in [0.5, 0.6) is 5.75 Å². The van der Waals surface area contributed by atoms with Crippen molar-refractivity contribution in [2.45, 2.75) is 12.8 Å². The molecule has 0 radical (unpaired) electrons. The van der Waals surface area contributed by atoms with Crippen LogP contribution in [0.2, 0.25) is 0 Å². The summed E-state index contributed by atoms with van der Waals surface area (Å²) in [4.78, 5) is 3.94. The zero-order chi connectivity index (χ0) is 19.9. The highest BCUT2D eigenvalue weighted by atomic mass is 79.9. The fourth-order valence-corrected chi connectivity index (χ4v) is 2.23. The molecule has 0 aliphatic heterocycles. The summed E-state index contributed by atoms with van der Waals surface area (Å²) in [5.74, 6) is 1.05. The zero-order valence-electron chi connectivity index (χ0n) is 14.1. The normalized spacial score (nSPS) is 10.7. The standard InChI is InChI=1S/C12H12N2O.C7H5BrF3N/c13-12-11(7-4-8-14-12)15-9-10-5-2-1-3-6-10;8-5-2-1-4(3-6(5)12)7(9,10)11/h1-8H,9H2,(H2,13,14);1-3H,12H2. The van der Waals surface area contributed by atoms with Crippen LogP contribution in [-0.4, -0.2) is 4.98 Å². The van der Waals surface area contributed by atoms with Crippen LogP contribution in [0.1, 0.15) is 11.1 Å². The minimum atomic E-state index is -4.32. The Balaban J connectivity index is 0.000000199. The summed E-state index contributed by atoms with van der Waals surface area (Å²) in [5, 5.41) is 0. The van der Waals surface area contributed by atoms with E-state index in [0.29, 0.717) is 22.6 Å². The van der Waals surface area contributed by atoms with E-state index in [2.05, 4.69) is 20.9 Å². The number of rotatable bonds is 3. The second-order valence-electron chi connectivity index (χ2n) is 5.40. The molecule has 0 amide bonds. The van der Waals surface area contributed by atoms with Crippen LogP contribution >= 0.6 is 15.9 Å². The van der Waals surface area contributed by atoms with Crippen LogP contribution in [0.15, 0.2) is 71.3 Å². The average molecular weight is 440 g/mol. The van der Waals surface area contributed by atoms with Crippen molar-refractivity contribution in [2.24, 2.45) is 0 Å². The third-order valence-electron chi connectivity index (χ3n) is 3.36. The number of benzene rings is 2. The van der Waals surface area contributed by atoms with Gasteiger partial charge in [-0.05, 0) is 51.8 Å². The number of ether oxygens (including phenoxy) is 1. The Hall–Kier alpha value is -2.74. The van der Waals surface area contributed by atoms with Crippen LogP contribution in [0.3, 0.4) is 0 Å². The van der Waals surface area contributed by atoms with Crippen molar-refractivity contribution in [1.29, 1.82) is 0 Å². The fraction of sp³-hybridized carbons (Fsp3) is 0.105. The van der Waals surface area contributed by atoms with Crippen LogP contribution in [-0.2, 0) is 12.8 Å². The number of halogens is 4. The molecular weight excluding hydrogens is 423 g/mol. The summed E-state index contributed by atoms with van der Waals surface area (Å²) in [6.45, 7) is 0.511. The molecule has 4 nitrogen and oxygen atoms in total. The van der Waals surface area contributed by atoms with E-state index in [0.717, 1.165) is 17.7 Å². The SMILES string of the molecule is Nc1cc(C(F)(F)F)ccc1Br.Nc1ncccc1OCc1ccccc1. The number of hydrogen-bond acceptors (Lipinski definition) is 4. The van der Waals surface area contributed by atoms with E-state index < -0.39 is 11.7 Å². The Labute approximate surface area is 163 Å². The van der Waals surface area contributed by atoms with Crippen molar-refractivity contribution in [3.05, 3.63) is 82.5 Å². The van der Waals surface area contributed by atoms with Crippen LogP contribution in [0, 0.1) is 0 Å².